The number of carbonyl (C=O) groups is 3. The molecule has 1 saturated carbocycles. The minimum absolute atomic E-state index is 0.0697. The monoisotopic (exact) mass is 515 g/mol. The van der Waals surface area contributed by atoms with Crippen LogP contribution in [0, 0.1) is 5.92 Å². The summed E-state index contributed by atoms with van der Waals surface area (Å²) in [5.41, 5.74) is 1.52. The van der Waals surface area contributed by atoms with E-state index in [1.165, 1.54) is 7.11 Å². The van der Waals surface area contributed by atoms with Crippen molar-refractivity contribution in [3.63, 3.8) is 0 Å². The van der Waals surface area contributed by atoms with Crippen molar-refractivity contribution in [3.05, 3.63) is 41.0 Å². The lowest BCUT2D eigenvalue weighted by Gasteiger charge is -2.32. The highest BCUT2D eigenvalue weighted by molar-refractivity contribution is 7.11. The second kappa shape index (κ2) is 12.3. The summed E-state index contributed by atoms with van der Waals surface area (Å²) >= 11 is 0.951. The molecule has 2 aromatic rings. The number of hydrogen-bond donors (Lipinski definition) is 2. The van der Waals surface area contributed by atoms with Crippen LogP contribution in [0.4, 0.5) is 9.80 Å². The summed E-state index contributed by atoms with van der Waals surface area (Å²) in [7, 11) is 3.39. The topological polar surface area (TPSA) is 113 Å². The van der Waals surface area contributed by atoms with E-state index in [1.807, 2.05) is 12.1 Å². The van der Waals surface area contributed by atoms with E-state index in [-0.39, 0.29) is 34.8 Å². The minimum atomic E-state index is -0.651. The first-order valence-electron chi connectivity index (χ1n) is 12.2. The molecule has 4 rings (SSSR count). The van der Waals surface area contributed by atoms with E-state index in [0.717, 1.165) is 69.1 Å². The van der Waals surface area contributed by atoms with Gasteiger partial charge in [-0.15, -0.1) is 0 Å². The summed E-state index contributed by atoms with van der Waals surface area (Å²) in [4.78, 5) is 41.9. The highest BCUT2D eigenvalue weighted by Crippen LogP contribution is 2.33. The molecular weight excluding hydrogens is 482 g/mol. The zero-order valence-corrected chi connectivity index (χ0v) is 21.6. The van der Waals surface area contributed by atoms with Gasteiger partial charge in [0, 0.05) is 44.2 Å². The Morgan fingerprint density at radius 3 is 2.67 bits per heavy atom. The predicted octanol–water partition coefficient (Wildman–Crippen LogP) is 2.86. The van der Waals surface area contributed by atoms with Crippen LogP contribution < -0.4 is 15.4 Å². The van der Waals surface area contributed by atoms with Gasteiger partial charge in [-0.2, -0.15) is 4.37 Å². The molecule has 194 valence electrons. The van der Waals surface area contributed by atoms with Crippen LogP contribution in [0.15, 0.2) is 24.3 Å². The molecule has 0 radical (unpaired) electrons. The number of hydrogen-bond acceptors (Lipinski definition) is 9. The van der Waals surface area contributed by atoms with Gasteiger partial charge in [0.25, 0.3) is 0 Å². The molecule has 0 unspecified atom stereocenters. The number of ketones is 1. The summed E-state index contributed by atoms with van der Waals surface area (Å²) in [6.45, 7) is 5.76. The van der Waals surface area contributed by atoms with Crippen LogP contribution >= 0.6 is 11.5 Å². The molecule has 1 aliphatic carbocycles. The van der Waals surface area contributed by atoms with Crippen molar-refractivity contribution in [2.45, 2.75) is 25.9 Å². The van der Waals surface area contributed by atoms with Gasteiger partial charge < -0.3 is 24.6 Å². The van der Waals surface area contributed by atoms with Crippen LogP contribution in [-0.2, 0) is 11.3 Å². The van der Waals surface area contributed by atoms with Crippen molar-refractivity contribution >= 4 is 34.3 Å². The fourth-order valence-corrected chi connectivity index (χ4v) is 4.73. The van der Waals surface area contributed by atoms with Crippen molar-refractivity contribution in [3.8, 4) is 5.88 Å². The Kier molecular flexibility index (Phi) is 8.89. The lowest BCUT2D eigenvalue weighted by atomic mass is 10.0. The number of likely N-dealkylation sites (N-methyl/N-ethyl adjacent to an activating group) is 1. The van der Waals surface area contributed by atoms with Gasteiger partial charge in [0.05, 0.1) is 7.11 Å². The molecule has 0 bridgehead atoms. The van der Waals surface area contributed by atoms with E-state index in [1.54, 1.807) is 12.1 Å². The molecule has 2 heterocycles. The van der Waals surface area contributed by atoms with E-state index in [0.29, 0.717) is 12.1 Å². The number of anilines is 1. The van der Waals surface area contributed by atoms with E-state index >= 15 is 0 Å². The van der Waals surface area contributed by atoms with Crippen molar-refractivity contribution in [2.24, 2.45) is 5.92 Å². The second-order valence-corrected chi connectivity index (χ2v) is 9.96. The molecule has 11 heteroatoms. The number of piperazine rings is 1. The Morgan fingerprint density at radius 1 is 1.17 bits per heavy atom. The highest BCUT2D eigenvalue weighted by Gasteiger charge is 2.30. The summed E-state index contributed by atoms with van der Waals surface area (Å²) in [6.07, 6.45) is 2.72. The SMILES string of the molecule is COC(=O)c1c(OCc2cccc(C(=O)C3CC3)c2)nsc1NC(=O)NCCCN1CCN(C)CC1. The zero-order valence-electron chi connectivity index (χ0n) is 20.7. The van der Waals surface area contributed by atoms with Crippen molar-refractivity contribution in [1.82, 2.24) is 19.5 Å². The predicted molar refractivity (Wildman–Crippen MR) is 137 cm³/mol. The quantitative estimate of drug-likeness (QED) is 0.267. The third-order valence-electron chi connectivity index (χ3n) is 6.35. The lowest BCUT2D eigenvalue weighted by molar-refractivity contribution is 0.0596. The first-order chi connectivity index (χ1) is 17.4. The van der Waals surface area contributed by atoms with Gasteiger partial charge in [0.1, 0.15) is 11.6 Å². The van der Waals surface area contributed by atoms with Crippen LogP contribution in [0.5, 0.6) is 5.88 Å². The molecule has 1 aromatic carbocycles. The number of aromatic nitrogens is 1. The maximum atomic E-state index is 12.4. The molecule has 1 saturated heterocycles. The Hall–Kier alpha value is -3.02. The number of rotatable bonds is 11. The average molecular weight is 516 g/mol. The van der Waals surface area contributed by atoms with E-state index in [2.05, 4.69) is 31.9 Å². The zero-order chi connectivity index (χ0) is 25.5. The molecule has 0 atom stereocenters. The standard InChI is InChI=1S/C25H33N5O5S/c1-29-11-13-30(14-12-29)10-4-9-26-25(33)27-23-20(24(32)34-2)22(28-36-23)35-16-17-5-3-6-19(15-17)21(31)18-7-8-18/h3,5-6,15,18H,4,7-14,16H2,1-2H3,(H2,26,27,33). The van der Waals surface area contributed by atoms with Gasteiger partial charge in [-0.1, -0.05) is 18.2 Å². The number of ether oxygens (including phenoxy) is 2. The van der Waals surface area contributed by atoms with Crippen LogP contribution in [0.2, 0.25) is 0 Å². The largest absolute Gasteiger partial charge is 0.472 e. The lowest BCUT2D eigenvalue weighted by Crippen LogP contribution is -2.45. The smallest absolute Gasteiger partial charge is 0.346 e. The van der Waals surface area contributed by atoms with Gasteiger partial charge >= 0.3 is 12.0 Å². The molecule has 0 spiro atoms. The fraction of sp³-hybridized carbons (Fsp3) is 0.520. The number of benzene rings is 1. The van der Waals surface area contributed by atoms with Gasteiger partial charge in [-0.25, -0.2) is 9.59 Å². The number of esters is 1. The molecule has 36 heavy (non-hydrogen) atoms. The summed E-state index contributed by atoms with van der Waals surface area (Å²) in [6, 6.07) is 6.86. The Balaban J connectivity index is 1.30. The first-order valence-corrected chi connectivity index (χ1v) is 13.0. The van der Waals surface area contributed by atoms with Gasteiger partial charge in [0.2, 0.25) is 5.88 Å². The minimum Gasteiger partial charge on any atom is -0.472 e. The second-order valence-electron chi connectivity index (χ2n) is 9.19. The van der Waals surface area contributed by atoms with Crippen molar-refractivity contribution < 1.29 is 23.9 Å². The normalized spacial score (nSPS) is 16.4. The van der Waals surface area contributed by atoms with Gasteiger partial charge in [-0.05, 0) is 56.0 Å². The maximum Gasteiger partial charge on any atom is 0.346 e. The molecular formula is C25H33N5O5S. The fourth-order valence-electron chi connectivity index (χ4n) is 4.01. The molecule has 1 aliphatic heterocycles. The van der Waals surface area contributed by atoms with Gasteiger partial charge in [0.15, 0.2) is 11.3 Å². The average Bonchev–Trinajstić information content (AvgIpc) is 3.67. The van der Waals surface area contributed by atoms with Crippen molar-refractivity contribution in [1.29, 1.82) is 0 Å². The van der Waals surface area contributed by atoms with Gasteiger partial charge in [-0.3, -0.25) is 10.1 Å². The number of carbonyl (C=O) groups excluding carboxylic acids is 3. The van der Waals surface area contributed by atoms with E-state index in [4.69, 9.17) is 9.47 Å². The molecule has 10 nitrogen and oxygen atoms in total. The summed E-state index contributed by atoms with van der Waals surface area (Å²) in [5.74, 6) is -0.281. The Bertz CT molecular complexity index is 1080. The van der Waals surface area contributed by atoms with E-state index < -0.39 is 12.0 Å². The van der Waals surface area contributed by atoms with Crippen molar-refractivity contribution in [2.75, 3.05) is 58.7 Å². The summed E-state index contributed by atoms with van der Waals surface area (Å²) < 4.78 is 14.9. The number of nitrogens with one attached hydrogen (secondary N) is 2. The van der Waals surface area contributed by atoms with Crippen LogP contribution in [0.25, 0.3) is 0 Å². The molecule has 2 aliphatic rings. The molecule has 2 fully saturated rings. The number of Topliss-reactive ketones (excluding diaryl/α,β-unsaturated/α-hetero) is 1. The Morgan fingerprint density at radius 2 is 1.94 bits per heavy atom. The van der Waals surface area contributed by atoms with Crippen LogP contribution in [0.1, 0.15) is 45.5 Å². The molecule has 1 aromatic heterocycles. The van der Waals surface area contributed by atoms with Crippen LogP contribution in [0.3, 0.4) is 0 Å². The number of methoxy groups -OCH3 is 1. The third-order valence-corrected chi connectivity index (χ3v) is 7.09. The Labute approximate surface area is 215 Å². The third kappa shape index (κ3) is 7.02. The summed E-state index contributed by atoms with van der Waals surface area (Å²) in [5, 5.41) is 5.78. The highest BCUT2D eigenvalue weighted by atomic mass is 32.1. The maximum absolute atomic E-state index is 12.4. The molecule has 2 N–H and O–H groups in total. The molecule has 2 amide bonds. The number of nitrogens with zero attached hydrogens (tertiary/aromatic N) is 3. The van der Waals surface area contributed by atoms with E-state index in [9.17, 15) is 14.4 Å². The number of urea groups is 1. The number of amides is 2. The first kappa shape index (κ1) is 26.1. The van der Waals surface area contributed by atoms with Crippen LogP contribution in [-0.4, -0.2) is 85.4 Å².